The number of ether oxygens (including phenoxy) is 2. The maximum Gasteiger partial charge on any atom is 0.458 e. The Morgan fingerprint density at radius 1 is 1.16 bits per heavy atom. The molecule has 0 aliphatic rings. The fourth-order valence-electron chi connectivity index (χ4n) is 1.70. The van der Waals surface area contributed by atoms with E-state index in [1.54, 1.807) is 20.8 Å². The Balaban J connectivity index is 2.77. The molecule has 1 aromatic carbocycles. The van der Waals surface area contributed by atoms with Crippen molar-refractivity contribution in [1.29, 1.82) is 0 Å². The van der Waals surface area contributed by atoms with E-state index in [2.05, 4.69) is 5.32 Å². The molecular weight excluding hydrogens is 351 g/mol. The molecule has 1 amide bonds. The van der Waals surface area contributed by atoms with Crippen molar-refractivity contribution in [2.75, 3.05) is 18.9 Å². The Morgan fingerprint density at radius 3 is 2.28 bits per heavy atom. The summed E-state index contributed by atoms with van der Waals surface area (Å²) in [4.78, 5) is 11.4. The number of rotatable bonds is 5. The first kappa shape index (κ1) is 20.8. The molecule has 0 spiro atoms. The molecule has 0 saturated heterocycles. The Hall–Kier alpha value is -2.26. The molecule has 0 aromatic heterocycles. The van der Waals surface area contributed by atoms with Crippen LogP contribution >= 0.6 is 0 Å². The van der Waals surface area contributed by atoms with Crippen LogP contribution < -0.4 is 15.8 Å². The summed E-state index contributed by atoms with van der Waals surface area (Å²) in [6.45, 7) is 4.40. The lowest BCUT2D eigenvalue weighted by Gasteiger charge is -2.23. The third-order valence-electron chi connectivity index (χ3n) is 2.73. The lowest BCUT2D eigenvalue weighted by molar-refractivity contribution is -0.289. The van der Waals surface area contributed by atoms with Crippen LogP contribution in [0.5, 0.6) is 5.75 Å². The molecule has 0 bridgehead atoms. The molecule has 0 aliphatic heterocycles. The van der Waals surface area contributed by atoms with Crippen molar-refractivity contribution in [3.8, 4) is 5.75 Å². The number of carbonyl (C=O) groups is 1. The highest BCUT2D eigenvalue weighted by Crippen LogP contribution is 2.47. The van der Waals surface area contributed by atoms with E-state index in [9.17, 15) is 26.7 Å². The number of halogens is 5. The Bertz CT molecular complexity index is 612. The zero-order chi connectivity index (χ0) is 19.5. The van der Waals surface area contributed by atoms with E-state index in [1.807, 2.05) is 0 Å². The van der Waals surface area contributed by atoms with Gasteiger partial charge in [-0.1, -0.05) is 0 Å². The second-order valence-electron chi connectivity index (χ2n) is 6.10. The van der Waals surface area contributed by atoms with E-state index in [-0.39, 0.29) is 18.8 Å². The number of alkyl carbamates (subject to hydrolysis) is 1. The van der Waals surface area contributed by atoms with E-state index in [0.29, 0.717) is 6.07 Å². The van der Waals surface area contributed by atoms with Crippen molar-refractivity contribution in [1.82, 2.24) is 5.32 Å². The van der Waals surface area contributed by atoms with Gasteiger partial charge in [-0.25, -0.2) is 4.79 Å². The standard InChI is InChI=1S/C15H19F5N2O3/c1-13(2,3)25-12(23)22-6-7-24-11-8-9(21)4-5-10(11)14(16,17)15(18,19)20/h4-5,8H,6-7,21H2,1-3H3,(H,22,23). The fourth-order valence-corrected chi connectivity index (χ4v) is 1.70. The van der Waals surface area contributed by atoms with Crippen LogP contribution in [0, 0.1) is 0 Å². The summed E-state index contributed by atoms with van der Waals surface area (Å²) >= 11 is 0. The highest BCUT2D eigenvalue weighted by atomic mass is 19.4. The first-order chi connectivity index (χ1) is 11.2. The SMILES string of the molecule is CC(C)(C)OC(=O)NCCOc1cc(N)ccc1C(F)(F)C(F)(F)F. The maximum atomic E-state index is 13.5. The number of nitrogens with one attached hydrogen (secondary N) is 1. The molecule has 1 aromatic rings. The van der Waals surface area contributed by atoms with E-state index in [4.69, 9.17) is 15.2 Å². The molecule has 0 fully saturated rings. The molecule has 1 rings (SSSR count). The molecule has 25 heavy (non-hydrogen) atoms. The predicted octanol–water partition coefficient (Wildman–Crippen LogP) is 3.83. The van der Waals surface area contributed by atoms with Gasteiger partial charge in [0.25, 0.3) is 0 Å². The van der Waals surface area contributed by atoms with Crippen LogP contribution in [-0.2, 0) is 10.7 Å². The van der Waals surface area contributed by atoms with Crippen LogP contribution in [0.15, 0.2) is 18.2 Å². The summed E-state index contributed by atoms with van der Waals surface area (Å²) < 4.78 is 74.6. The summed E-state index contributed by atoms with van der Waals surface area (Å²) in [6, 6.07) is 2.34. The summed E-state index contributed by atoms with van der Waals surface area (Å²) in [5.41, 5.74) is 3.27. The Labute approximate surface area is 141 Å². The van der Waals surface area contributed by atoms with Crippen LogP contribution in [0.1, 0.15) is 26.3 Å². The largest absolute Gasteiger partial charge is 0.491 e. The van der Waals surface area contributed by atoms with Gasteiger partial charge in [-0.3, -0.25) is 0 Å². The van der Waals surface area contributed by atoms with Gasteiger partial charge in [-0.2, -0.15) is 22.0 Å². The number of carbonyl (C=O) groups excluding carboxylic acids is 1. The molecule has 0 radical (unpaired) electrons. The summed E-state index contributed by atoms with van der Waals surface area (Å²) in [5.74, 6) is -5.82. The third kappa shape index (κ3) is 5.95. The number of amides is 1. The zero-order valence-electron chi connectivity index (χ0n) is 13.8. The van der Waals surface area contributed by atoms with Gasteiger partial charge in [0.05, 0.1) is 12.1 Å². The molecule has 10 heteroatoms. The average Bonchev–Trinajstić information content (AvgIpc) is 2.40. The van der Waals surface area contributed by atoms with E-state index in [1.165, 1.54) is 0 Å². The molecule has 3 N–H and O–H groups in total. The summed E-state index contributed by atoms with van der Waals surface area (Å²) in [6.07, 6.45) is -6.56. The van der Waals surface area contributed by atoms with Crippen LogP contribution in [0.25, 0.3) is 0 Å². The lowest BCUT2D eigenvalue weighted by Crippen LogP contribution is -2.35. The van der Waals surface area contributed by atoms with Gasteiger partial charge in [0, 0.05) is 11.8 Å². The van der Waals surface area contributed by atoms with E-state index in [0.717, 1.165) is 12.1 Å². The van der Waals surface area contributed by atoms with Gasteiger partial charge >= 0.3 is 18.2 Å². The van der Waals surface area contributed by atoms with Crippen molar-refractivity contribution in [3.63, 3.8) is 0 Å². The quantitative estimate of drug-likeness (QED) is 0.469. The number of benzene rings is 1. The zero-order valence-corrected chi connectivity index (χ0v) is 13.8. The van der Waals surface area contributed by atoms with Crippen LogP contribution in [0.2, 0.25) is 0 Å². The third-order valence-corrected chi connectivity index (χ3v) is 2.73. The molecule has 0 heterocycles. The van der Waals surface area contributed by atoms with Crippen LogP contribution in [-0.4, -0.2) is 31.0 Å². The number of nitrogens with two attached hydrogens (primary N) is 1. The van der Waals surface area contributed by atoms with Crippen molar-refractivity contribution >= 4 is 11.8 Å². The highest BCUT2D eigenvalue weighted by molar-refractivity contribution is 5.67. The lowest BCUT2D eigenvalue weighted by atomic mass is 10.1. The number of nitrogen functional groups attached to an aromatic ring is 1. The summed E-state index contributed by atoms with van der Waals surface area (Å²) in [5, 5.41) is 2.29. The first-order valence-corrected chi connectivity index (χ1v) is 7.18. The minimum absolute atomic E-state index is 0.0446. The second kappa shape index (κ2) is 7.32. The molecule has 5 nitrogen and oxygen atoms in total. The van der Waals surface area contributed by atoms with E-state index >= 15 is 0 Å². The molecule has 0 aliphatic carbocycles. The van der Waals surface area contributed by atoms with Crippen LogP contribution in [0.3, 0.4) is 0 Å². The van der Waals surface area contributed by atoms with Crippen molar-refractivity contribution < 1.29 is 36.2 Å². The Morgan fingerprint density at radius 2 is 1.76 bits per heavy atom. The van der Waals surface area contributed by atoms with Gasteiger partial charge in [-0.15, -0.1) is 0 Å². The monoisotopic (exact) mass is 370 g/mol. The molecule has 0 atom stereocenters. The molecular formula is C15H19F5N2O3. The number of anilines is 1. The van der Waals surface area contributed by atoms with Gasteiger partial charge in [-0.05, 0) is 32.9 Å². The van der Waals surface area contributed by atoms with Gasteiger partial charge in [0.1, 0.15) is 18.0 Å². The predicted molar refractivity (Wildman–Crippen MR) is 80.5 cm³/mol. The number of hydrogen-bond acceptors (Lipinski definition) is 4. The minimum atomic E-state index is -5.78. The smallest absolute Gasteiger partial charge is 0.458 e. The van der Waals surface area contributed by atoms with Crippen LogP contribution in [0.4, 0.5) is 32.4 Å². The molecule has 0 saturated carbocycles. The number of hydrogen-bond donors (Lipinski definition) is 2. The topological polar surface area (TPSA) is 73.6 Å². The van der Waals surface area contributed by atoms with Crippen molar-refractivity contribution in [2.24, 2.45) is 0 Å². The first-order valence-electron chi connectivity index (χ1n) is 7.18. The van der Waals surface area contributed by atoms with Gasteiger partial charge in [0.2, 0.25) is 0 Å². The maximum absolute atomic E-state index is 13.5. The van der Waals surface area contributed by atoms with Crippen molar-refractivity contribution in [3.05, 3.63) is 23.8 Å². The van der Waals surface area contributed by atoms with Crippen molar-refractivity contribution in [2.45, 2.75) is 38.5 Å². The normalized spacial score (nSPS) is 12.6. The van der Waals surface area contributed by atoms with Gasteiger partial charge < -0.3 is 20.5 Å². The average molecular weight is 370 g/mol. The van der Waals surface area contributed by atoms with E-state index < -0.39 is 35.1 Å². The Kier molecular flexibility index (Phi) is 6.09. The molecule has 0 unspecified atom stereocenters. The van der Waals surface area contributed by atoms with Gasteiger partial charge in [0.15, 0.2) is 0 Å². The second-order valence-corrected chi connectivity index (χ2v) is 6.10. The summed E-state index contributed by atoms with van der Waals surface area (Å²) in [7, 11) is 0. The highest BCUT2D eigenvalue weighted by Gasteiger charge is 2.60. The fraction of sp³-hybridized carbons (Fsp3) is 0.533. The number of alkyl halides is 5. The minimum Gasteiger partial charge on any atom is -0.491 e. The molecule has 142 valence electrons.